The molecule has 0 radical (unpaired) electrons. The molecule has 0 spiro atoms. The van der Waals surface area contributed by atoms with E-state index in [0.717, 1.165) is 25.8 Å². The summed E-state index contributed by atoms with van der Waals surface area (Å²) in [5.74, 6) is 0.373. The molecule has 0 aliphatic heterocycles. The van der Waals surface area contributed by atoms with E-state index in [2.05, 4.69) is 26.1 Å². The molecule has 0 aliphatic carbocycles. The second kappa shape index (κ2) is 5.64. The zero-order valence-corrected chi connectivity index (χ0v) is 11.2. The van der Waals surface area contributed by atoms with Crippen LogP contribution in [0.1, 0.15) is 60.8 Å². The highest BCUT2D eigenvalue weighted by Gasteiger charge is 2.19. The molecule has 90 valence electrons. The average Bonchev–Trinajstić information content (AvgIpc) is 1.99. The summed E-state index contributed by atoms with van der Waals surface area (Å²) < 4.78 is 0. The third-order valence-corrected chi connectivity index (χ3v) is 2.32. The molecule has 0 saturated heterocycles. The van der Waals surface area contributed by atoms with Gasteiger partial charge in [-0.15, -0.1) is 0 Å². The Morgan fingerprint density at radius 3 is 1.93 bits per heavy atom. The van der Waals surface area contributed by atoms with Gasteiger partial charge in [-0.3, -0.25) is 4.79 Å². The van der Waals surface area contributed by atoms with Crippen LogP contribution >= 0.6 is 0 Å². The first-order valence-corrected chi connectivity index (χ1v) is 5.91. The molecule has 0 atom stereocenters. The number of hydrogen-bond donors (Lipinski definition) is 1. The Kier molecular flexibility index (Phi) is 5.50. The SMILES string of the molecule is CC(C)(C)NCCCCC(=O)C(C)(C)C. The minimum atomic E-state index is -0.169. The van der Waals surface area contributed by atoms with Crippen molar-refractivity contribution >= 4 is 5.78 Å². The smallest absolute Gasteiger partial charge is 0.138 e. The van der Waals surface area contributed by atoms with Crippen LogP contribution < -0.4 is 5.32 Å². The molecule has 15 heavy (non-hydrogen) atoms. The number of unbranched alkanes of at least 4 members (excludes halogenated alkanes) is 1. The zero-order chi connectivity index (χ0) is 12.1. The fourth-order valence-corrected chi connectivity index (χ4v) is 1.25. The number of hydrogen-bond acceptors (Lipinski definition) is 2. The Balaban J connectivity index is 3.53. The molecule has 2 heteroatoms. The zero-order valence-electron chi connectivity index (χ0n) is 11.2. The lowest BCUT2D eigenvalue weighted by Crippen LogP contribution is -2.36. The van der Waals surface area contributed by atoms with Crippen molar-refractivity contribution in [2.75, 3.05) is 6.54 Å². The minimum Gasteiger partial charge on any atom is -0.312 e. The lowest BCUT2D eigenvalue weighted by Gasteiger charge is -2.20. The molecular formula is C13H27NO. The van der Waals surface area contributed by atoms with E-state index in [1.165, 1.54) is 0 Å². The van der Waals surface area contributed by atoms with Crippen LogP contribution in [0.3, 0.4) is 0 Å². The normalized spacial score (nSPS) is 12.9. The molecule has 1 N–H and O–H groups in total. The fraction of sp³-hybridized carbons (Fsp3) is 0.923. The minimum absolute atomic E-state index is 0.169. The van der Waals surface area contributed by atoms with Gasteiger partial charge in [-0.05, 0) is 40.2 Å². The summed E-state index contributed by atoms with van der Waals surface area (Å²) in [7, 11) is 0. The van der Waals surface area contributed by atoms with Gasteiger partial charge in [-0.1, -0.05) is 20.8 Å². The summed E-state index contributed by atoms with van der Waals surface area (Å²) in [5, 5.41) is 3.42. The molecule has 0 aliphatic rings. The number of ketones is 1. The lowest BCUT2D eigenvalue weighted by atomic mass is 9.88. The summed E-state index contributed by atoms with van der Waals surface area (Å²) in [4.78, 5) is 11.6. The molecule has 0 amide bonds. The summed E-state index contributed by atoms with van der Waals surface area (Å²) in [6.07, 6.45) is 2.80. The third-order valence-electron chi connectivity index (χ3n) is 2.32. The lowest BCUT2D eigenvalue weighted by molar-refractivity contribution is -0.126. The Morgan fingerprint density at radius 2 is 1.53 bits per heavy atom. The first-order valence-electron chi connectivity index (χ1n) is 5.91. The van der Waals surface area contributed by atoms with Crippen LogP contribution in [0, 0.1) is 5.41 Å². The molecule has 0 unspecified atom stereocenters. The highest BCUT2D eigenvalue weighted by Crippen LogP contribution is 2.18. The van der Waals surface area contributed by atoms with Crippen LogP contribution in [0.4, 0.5) is 0 Å². The van der Waals surface area contributed by atoms with Crippen molar-refractivity contribution in [3.8, 4) is 0 Å². The molecule has 2 nitrogen and oxygen atoms in total. The first-order chi connectivity index (χ1) is 6.63. The maximum absolute atomic E-state index is 11.6. The van der Waals surface area contributed by atoms with E-state index >= 15 is 0 Å². The van der Waals surface area contributed by atoms with Gasteiger partial charge in [0.2, 0.25) is 0 Å². The molecular weight excluding hydrogens is 186 g/mol. The Hall–Kier alpha value is -0.370. The predicted octanol–water partition coefficient (Wildman–Crippen LogP) is 3.16. The van der Waals surface area contributed by atoms with Gasteiger partial charge in [0.1, 0.15) is 5.78 Å². The van der Waals surface area contributed by atoms with Crippen molar-refractivity contribution < 1.29 is 4.79 Å². The summed E-state index contributed by atoms with van der Waals surface area (Å²) in [6.45, 7) is 13.4. The molecule has 0 heterocycles. The van der Waals surface area contributed by atoms with Crippen molar-refractivity contribution in [1.82, 2.24) is 5.32 Å². The van der Waals surface area contributed by atoms with Gasteiger partial charge in [0.05, 0.1) is 0 Å². The Morgan fingerprint density at radius 1 is 1.00 bits per heavy atom. The largest absolute Gasteiger partial charge is 0.312 e. The molecule has 0 bridgehead atoms. The van der Waals surface area contributed by atoms with Crippen LogP contribution in [0.25, 0.3) is 0 Å². The van der Waals surface area contributed by atoms with Gasteiger partial charge in [-0.25, -0.2) is 0 Å². The molecule has 0 aromatic heterocycles. The van der Waals surface area contributed by atoms with Crippen LogP contribution in [0.2, 0.25) is 0 Å². The van der Waals surface area contributed by atoms with Crippen LogP contribution in [-0.2, 0) is 4.79 Å². The maximum atomic E-state index is 11.6. The number of Topliss-reactive ketones (excluding diaryl/α,β-unsaturated/α-hetero) is 1. The van der Waals surface area contributed by atoms with Gasteiger partial charge in [-0.2, -0.15) is 0 Å². The van der Waals surface area contributed by atoms with Gasteiger partial charge in [0.15, 0.2) is 0 Å². The highest BCUT2D eigenvalue weighted by molar-refractivity contribution is 5.83. The van der Waals surface area contributed by atoms with E-state index in [1.54, 1.807) is 0 Å². The van der Waals surface area contributed by atoms with Gasteiger partial charge in [0.25, 0.3) is 0 Å². The summed E-state index contributed by atoms with van der Waals surface area (Å²) >= 11 is 0. The van der Waals surface area contributed by atoms with E-state index in [-0.39, 0.29) is 11.0 Å². The van der Waals surface area contributed by atoms with E-state index in [1.807, 2.05) is 20.8 Å². The molecule has 0 rings (SSSR count). The van der Waals surface area contributed by atoms with Crippen LogP contribution in [-0.4, -0.2) is 17.9 Å². The molecule has 0 aromatic rings. The van der Waals surface area contributed by atoms with E-state index in [0.29, 0.717) is 5.78 Å². The van der Waals surface area contributed by atoms with Crippen molar-refractivity contribution in [3.05, 3.63) is 0 Å². The fourth-order valence-electron chi connectivity index (χ4n) is 1.25. The maximum Gasteiger partial charge on any atom is 0.138 e. The Bertz CT molecular complexity index is 196. The Labute approximate surface area is 94.8 Å². The predicted molar refractivity (Wildman–Crippen MR) is 66.1 cm³/mol. The van der Waals surface area contributed by atoms with Gasteiger partial charge < -0.3 is 5.32 Å². The van der Waals surface area contributed by atoms with Crippen LogP contribution in [0.15, 0.2) is 0 Å². The van der Waals surface area contributed by atoms with Crippen molar-refractivity contribution in [1.29, 1.82) is 0 Å². The molecule has 0 aromatic carbocycles. The summed E-state index contributed by atoms with van der Waals surface area (Å²) in [5.41, 5.74) is 0.0193. The van der Waals surface area contributed by atoms with Crippen molar-refractivity contribution in [2.24, 2.45) is 5.41 Å². The number of rotatable bonds is 5. The highest BCUT2D eigenvalue weighted by atomic mass is 16.1. The number of carbonyl (C=O) groups is 1. The van der Waals surface area contributed by atoms with Crippen molar-refractivity contribution in [3.63, 3.8) is 0 Å². The molecule has 0 fully saturated rings. The van der Waals surface area contributed by atoms with Gasteiger partial charge >= 0.3 is 0 Å². The van der Waals surface area contributed by atoms with Crippen molar-refractivity contribution in [2.45, 2.75) is 66.3 Å². The van der Waals surface area contributed by atoms with E-state index in [4.69, 9.17) is 0 Å². The monoisotopic (exact) mass is 213 g/mol. The average molecular weight is 213 g/mol. The van der Waals surface area contributed by atoms with E-state index in [9.17, 15) is 4.79 Å². The standard InChI is InChI=1S/C13H27NO/c1-12(2,3)11(15)9-7-8-10-14-13(4,5)6/h14H,7-10H2,1-6H3. The quantitative estimate of drug-likeness (QED) is 0.711. The number of carbonyl (C=O) groups excluding carboxylic acids is 1. The van der Waals surface area contributed by atoms with Gasteiger partial charge in [0, 0.05) is 17.4 Å². The summed E-state index contributed by atoms with van der Waals surface area (Å²) in [6, 6.07) is 0. The first kappa shape index (κ1) is 14.6. The van der Waals surface area contributed by atoms with Crippen LogP contribution in [0.5, 0.6) is 0 Å². The molecule has 0 saturated carbocycles. The third kappa shape index (κ3) is 8.61. The second-order valence-corrected chi connectivity index (χ2v) is 6.31. The van der Waals surface area contributed by atoms with E-state index < -0.39 is 0 Å². The number of nitrogens with one attached hydrogen (secondary N) is 1. The second-order valence-electron chi connectivity index (χ2n) is 6.31. The topological polar surface area (TPSA) is 29.1 Å².